The minimum Gasteiger partial charge on any atom is -0.497 e. The highest BCUT2D eigenvalue weighted by molar-refractivity contribution is 6.06. The molecular weight excluding hydrogens is 432 g/mol. The minimum absolute atomic E-state index is 0.0654. The van der Waals surface area contributed by atoms with Gasteiger partial charge in [0.15, 0.2) is 6.10 Å². The fourth-order valence-corrected chi connectivity index (χ4v) is 3.95. The molecule has 0 saturated heterocycles. The number of nitrogens with zero attached hydrogens (tertiary/aromatic N) is 1. The van der Waals surface area contributed by atoms with E-state index in [0.717, 1.165) is 16.9 Å². The van der Waals surface area contributed by atoms with Gasteiger partial charge in [0.05, 0.1) is 19.8 Å². The number of para-hydroxylation sites is 1. The zero-order chi connectivity index (χ0) is 24.1. The summed E-state index contributed by atoms with van der Waals surface area (Å²) >= 11 is 0. The lowest BCUT2D eigenvalue weighted by atomic mass is 10.1. The molecule has 0 fully saturated rings. The highest BCUT2D eigenvalue weighted by atomic mass is 16.5. The molecule has 0 aromatic heterocycles. The molecule has 1 heterocycles. The van der Waals surface area contributed by atoms with Crippen LogP contribution < -0.4 is 19.5 Å². The molecule has 0 bridgehead atoms. The van der Waals surface area contributed by atoms with E-state index in [2.05, 4.69) is 5.32 Å². The molecule has 1 atom stereocenters. The molecule has 3 aromatic carbocycles. The van der Waals surface area contributed by atoms with Crippen LogP contribution in [0.15, 0.2) is 66.7 Å². The van der Waals surface area contributed by atoms with Crippen LogP contribution in [-0.4, -0.2) is 43.6 Å². The summed E-state index contributed by atoms with van der Waals surface area (Å²) in [6.07, 6.45) is 0.119. The Labute approximate surface area is 199 Å². The Morgan fingerprint density at radius 2 is 1.82 bits per heavy atom. The number of fused-ring (bicyclic) bond motifs is 1. The van der Waals surface area contributed by atoms with Crippen LogP contribution in [0.5, 0.6) is 17.2 Å². The number of benzene rings is 3. The van der Waals surface area contributed by atoms with Crippen LogP contribution in [0.25, 0.3) is 0 Å². The molecule has 34 heavy (non-hydrogen) atoms. The number of ether oxygens (including phenoxy) is 3. The van der Waals surface area contributed by atoms with Gasteiger partial charge in [0, 0.05) is 24.3 Å². The van der Waals surface area contributed by atoms with E-state index < -0.39 is 6.10 Å². The maximum absolute atomic E-state index is 13.0. The van der Waals surface area contributed by atoms with Gasteiger partial charge in [-0.25, -0.2) is 0 Å². The van der Waals surface area contributed by atoms with E-state index in [-0.39, 0.29) is 11.8 Å². The molecule has 176 valence electrons. The highest BCUT2D eigenvalue weighted by Gasteiger charge is 2.28. The standard InChI is InChI=1S/C27H28N2O5/c1-18-27(31)29(15-14-19-8-11-22(32-2)12-9-19)17-20-16-21(10-13-24(20)34-18)28-26(30)23-6-4-5-7-25(23)33-3/h4-13,16,18H,14-15,17H2,1-3H3,(H,28,30)/t18-/m0/s1. The third-order valence-electron chi connectivity index (χ3n) is 5.82. The lowest BCUT2D eigenvalue weighted by Crippen LogP contribution is -2.39. The van der Waals surface area contributed by atoms with Crippen molar-refractivity contribution in [2.45, 2.75) is 26.0 Å². The number of methoxy groups -OCH3 is 2. The fraction of sp³-hybridized carbons (Fsp3) is 0.259. The molecule has 1 N–H and O–H groups in total. The Morgan fingerprint density at radius 3 is 2.56 bits per heavy atom. The highest BCUT2D eigenvalue weighted by Crippen LogP contribution is 2.29. The van der Waals surface area contributed by atoms with E-state index >= 15 is 0 Å². The second-order valence-electron chi connectivity index (χ2n) is 8.09. The van der Waals surface area contributed by atoms with E-state index in [0.29, 0.717) is 42.3 Å². The zero-order valence-electron chi connectivity index (χ0n) is 19.5. The maximum Gasteiger partial charge on any atom is 0.263 e. The monoisotopic (exact) mass is 460 g/mol. The Kier molecular flexibility index (Phi) is 7.01. The third-order valence-corrected chi connectivity index (χ3v) is 5.82. The van der Waals surface area contributed by atoms with Gasteiger partial charge < -0.3 is 24.4 Å². The van der Waals surface area contributed by atoms with Crippen molar-refractivity contribution in [3.05, 3.63) is 83.4 Å². The SMILES string of the molecule is COc1ccc(CCN2Cc3cc(NC(=O)c4ccccc4OC)ccc3O[C@@H](C)C2=O)cc1. The molecular formula is C27H28N2O5. The molecule has 3 aromatic rings. The molecule has 4 rings (SSSR count). The van der Waals surface area contributed by atoms with Gasteiger partial charge in [-0.1, -0.05) is 24.3 Å². The Hall–Kier alpha value is -4.00. The Balaban J connectivity index is 1.50. The Morgan fingerprint density at radius 1 is 1.06 bits per heavy atom. The normalized spacial score (nSPS) is 15.1. The summed E-state index contributed by atoms with van der Waals surface area (Å²) in [5, 5.41) is 2.92. The van der Waals surface area contributed by atoms with Gasteiger partial charge in [-0.05, 0) is 61.4 Å². The zero-order valence-corrected chi connectivity index (χ0v) is 19.5. The first-order valence-corrected chi connectivity index (χ1v) is 11.1. The van der Waals surface area contributed by atoms with Gasteiger partial charge in [0.25, 0.3) is 11.8 Å². The van der Waals surface area contributed by atoms with Crippen molar-refractivity contribution >= 4 is 17.5 Å². The van der Waals surface area contributed by atoms with E-state index in [1.807, 2.05) is 36.4 Å². The molecule has 0 radical (unpaired) electrons. The van der Waals surface area contributed by atoms with Gasteiger partial charge in [0.2, 0.25) is 0 Å². The smallest absolute Gasteiger partial charge is 0.263 e. The summed E-state index contributed by atoms with van der Waals surface area (Å²) in [5.74, 6) is 1.61. The molecule has 1 aliphatic heterocycles. The van der Waals surface area contributed by atoms with E-state index in [1.165, 1.54) is 7.11 Å². The second-order valence-corrected chi connectivity index (χ2v) is 8.09. The van der Waals surface area contributed by atoms with Crippen molar-refractivity contribution in [3.63, 3.8) is 0 Å². The van der Waals surface area contributed by atoms with Crippen LogP contribution in [0, 0.1) is 0 Å². The number of hydrogen-bond donors (Lipinski definition) is 1. The largest absolute Gasteiger partial charge is 0.497 e. The quantitative estimate of drug-likeness (QED) is 0.569. The van der Waals surface area contributed by atoms with Crippen molar-refractivity contribution in [2.24, 2.45) is 0 Å². The predicted molar refractivity (Wildman–Crippen MR) is 130 cm³/mol. The van der Waals surface area contributed by atoms with Crippen LogP contribution in [0.4, 0.5) is 5.69 Å². The summed E-state index contributed by atoms with van der Waals surface area (Å²) in [6.45, 7) is 2.71. The number of carbonyl (C=O) groups is 2. The van der Waals surface area contributed by atoms with Crippen LogP contribution in [0.3, 0.4) is 0 Å². The first-order chi connectivity index (χ1) is 16.5. The average Bonchev–Trinajstić information content (AvgIpc) is 2.98. The van der Waals surface area contributed by atoms with Gasteiger partial charge in [-0.15, -0.1) is 0 Å². The molecule has 0 saturated carbocycles. The van der Waals surface area contributed by atoms with E-state index in [9.17, 15) is 9.59 Å². The average molecular weight is 461 g/mol. The third kappa shape index (κ3) is 5.14. The number of hydrogen-bond acceptors (Lipinski definition) is 5. The lowest BCUT2D eigenvalue weighted by molar-refractivity contribution is -0.137. The predicted octanol–water partition coefficient (Wildman–Crippen LogP) is 4.31. The second kappa shape index (κ2) is 10.3. The van der Waals surface area contributed by atoms with Gasteiger partial charge >= 0.3 is 0 Å². The van der Waals surface area contributed by atoms with Crippen LogP contribution in [0.1, 0.15) is 28.4 Å². The number of amides is 2. The van der Waals surface area contributed by atoms with E-state index in [1.54, 1.807) is 49.3 Å². The first-order valence-electron chi connectivity index (χ1n) is 11.1. The molecule has 1 aliphatic rings. The van der Waals surface area contributed by atoms with Crippen molar-refractivity contribution in [1.82, 2.24) is 4.90 Å². The van der Waals surface area contributed by atoms with E-state index in [4.69, 9.17) is 14.2 Å². The van der Waals surface area contributed by atoms with Gasteiger partial charge in [0.1, 0.15) is 17.2 Å². The maximum atomic E-state index is 13.0. The number of anilines is 1. The number of nitrogens with one attached hydrogen (secondary N) is 1. The molecule has 0 unspecified atom stereocenters. The molecule has 2 amide bonds. The number of carbonyl (C=O) groups excluding carboxylic acids is 2. The first kappa shape index (κ1) is 23.2. The van der Waals surface area contributed by atoms with Crippen molar-refractivity contribution < 1.29 is 23.8 Å². The summed E-state index contributed by atoms with van der Waals surface area (Å²) in [5.41, 5.74) is 3.02. The lowest BCUT2D eigenvalue weighted by Gasteiger charge is -2.22. The summed E-state index contributed by atoms with van der Waals surface area (Å²) in [7, 11) is 3.17. The molecule has 7 nitrogen and oxygen atoms in total. The molecule has 0 aliphatic carbocycles. The molecule has 0 spiro atoms. The summed E-state index contributed by atoms with van der Waals surface area (Å²) in [4.78, 5) is 27.6. The van der Waals surface area contributed by atoms with Crippen LogP contribution in [0.2, 0.25) is 0 Å². The van der Waals surface area contributed by atoms with Crippen LogP contribution in [-0.2, 0) is 17.8 Å². The Bertz CT molecular complexity index is 1180. The van der Waals surface area contributed by atoms with Gasteiger partial charge in [-0.2, -0.15) is 0 Å². The van der Waals surface area contributed by atoms with Crippen molar-refractivity contribution in [1.29, 1.82) is 0 Å². The van der Waals surface area contributed by atoms with Crippen molar-refractivity contribution in [3.8, 4) is 17.2 Å². The summed E-state index contributed by atoms with van der Waals surface area (Å²) in [6, 6.07) is 20.3. The topological polar surface area (TPSA) is 77.1 Å². The van der Waals surface area contributed by atoms with Crippen molar-refractivity contribution in [2.75, 3.05) is 26.1 Å². The van der Waals surface area contributed by atoms with Gasteiger partial charge in [-0.3, -0.25) is 9.59 Å². The summed E-state index contributed by atoms with van der Waals surface area (Å²) < 4.78 is 16.4. The fourth-order valence-electron chi connectivity index (χ4n) is 3.95. The minimum atomic E-state index is -0.592. The molecule has 7 heteroatoms. The number of rotatable bonds is 7. The van der Waals surface area contributed by atoms with Crippen LogP contribution >= 0.6 is 0 Å².